The fourth-order valence-corrected chi connectivity index (χ4v) is 3.83. The quantitative estimate of drug-likeness (QED) is 0.547. The lowest BCUT2D eigenvalue weighted by molar-refractivity contribution is 0.0527. The van der Waals surface area contributed by atoms with Gasteiger partial charge in [0, 0.05) is 17.0 Å². The van der Waals surface area contributed by atoms with Crippen LogP contribution in [0, 0.1) is 13.8 Å². The molecule has 0 aliphatic carbocycles. The number of hydrogen-bond donors (Lipinski definition) is 1. The summed E-state index contributed by atoms with van der Waals surface area (Å²) in [6.45, 7) is 8.50. The predicted octanol–water partition coefficient (Wildman–Crippen LogP) is 3.38. The minimum Gasteiger partial charge on any atom is -0.486 e. The van der Waals surface area contributed by atoms with Gasteiger partial charge < -0.3 is 14.8 Å². The molecule has 1 amide bonds. The van der Waals surface area contributed by atoms with Crippen LogP contribution < -0.4 is 10.1 Å². The Labute approximate surface area is 178 Å². The van der Waals surface area contributed by atoms with Crippen LogP contribution in [0.25, 0.3) is 0 Å². The summed E-state index contributed by atoms with van der Waals surface area (Å²) in [6, 6.07) is 6.78. The zero-order chi connectivity index (χ0) is 21.7. The Hall–Kier alpha value is -3.27. The smallest absolute Gasteiger partial charge is 0.341 e. The standard InChI is InChI=1S/C20H23N5O4S/c1-5-25-16(22-23-24-25)11-29-15-9-7-8-14(10-15)18(26)21-19-17(20(27)28-6-2)12(3)13(4)30-19/h7-10H,5-6,11H2,1-4H3,(H,21,26). The number of nitrogens with zero attached hydrogens (tertiary/aromatic N) is 4. The number of tetrazole rings is 1. The van der Waals surface area contributed by atoms with Crippen LogP contribution in [0.15, 0.2) is 24.3 Å². The summed E-state index contributed by atoms with van der Waals surface area (Å²) in [6.07, 6.45) is 0. The van der Waals surface area contributed by atoms with Gasteiger partial charge in [-0.2, -0.15) is 0 Å². The molecule has 0 aliphatic rings. The minimum atomic E-state index is -0.444. The van der Waals surface area contributed by atoms with E-state index in [1.54, 1.807) is 35.9 Å². The van der Waals surface area contributed by atoms with Gasteiger partial charge in [-0.3, -0.25) is 4.79 Å². The molecule has 0 aliphatic heterocycles. The minimum absolute atomic E-state index is 0.183. The molecule has 9 nitrogen and oxygen atoms in total. The van der Waals surface area contributed by atoms with Gasteiger partial charge in [-0.05, 0) is 61.9 Å². The number of nitrogens with one attached hydrogen (secondary N) is 1. The fourth-order valence-electron chi connectivity index (χ4n) is 2.79. The molecule has 2 heterocycles. The Balaban J connectivity index is 1.74. The SMILES string of the molecule is CCOC(=O)c1c(NC(=O)c2cccc(OCc3nnnn3CC)c2)sc(C)c1C. The second-order valence-electron chi connectivity index (χ2n) is 6.39. The van der Waals surface area contributed by atoms with Crippen LogP contribution in [0.4, 0.5) is 5.00 Å². The Morgan fingerprint density at radius 1 is 1.23 bits per heavy atom. The second kappa shape index (κ2) is 9.49. The van der Waals surface area contributed by atoms with Crippen LogP contribution in [0.3, 0.4) is 0 Å². The van der Waals surface area contributed by atoms with Crippen LogP contribution >= 0.6 is 11.3 Å². The van der Waals surface area contributed by atoms with Gasteiger partial charge in [0.1, 0.15) is 17.4 Å². The lowest BCUT2D eigenvalue weighted by atomic mass is 10.1. The molecular formula is C20H23N5O4S. The molecule has 0 bridgehead atoms. The van der Waals surface area contributed by atoms with E-state index in [0.29, 0.717) is 34.2 Å². The number of aryl methyl sites for hydroxylation is 2. The average Bonchev–Trinajstić information content (AvgIpc) is 3.30. The first-order chi connectivity index (χ1) is 14.4. The molecule has 0 saturated heterocycles. The zero-order valence-corrected chi connectivity index (χ0v) is 18.1. The van der Waals surface area contributed by atoms with Gasteiger partial charge in [0.15, 0.2) is 5.82 Å². The van der Waals surface area contributed by atoms with E-state index >= 15 is 0 Å². The van der Waals surface area contributed by atoms with Gasteiger partial charge in [-0.1, -0.05) is 6.07 Å². The summed E-state index contributed by atoms with van der Waals surface area (Å²) in [5.74, 6) is 0.319. The van der Waals surface area contributed by atoms with Gasteiger partial charge in [-0.25, -0.2) is 9.48 Å². The Morgan fingerprint density at radius 2 is 2.03 bits per heavy atom. The molecule has 0 radical (unpaired) electrons. The van der Waals surface area contributed by atoms with Crippen molar-refractivity contribution in [3.63, 3.8) is 0 Å². The molecule has 0 fully saturated rings. The monoisotopic (exact) mass is 429 g/mol. The van der Waals surface area contributed by atoms with E-state index in [2.05, 4.69) is 20.8 Å². The number of anilines is 1. The summed E-state index contributed by atoms with van der Waals surface area (Å²) in [5, 5.41) is 14.7. The number of rotatable bonds is 8. The first kappa shape index (κ1) is 21.4. The van der Waals surface area contributed by atoms with Crippen molar-refractivity contribution >= 4 is 28.2 Å². The van der Waals surface area contributed by atoms with Gasteiger partial charge in [-0.15, -0.1) is 16.4 Å². The highest BCUT2D eigenvalue weighted by atomic mass is 32.1. The second-order valence-corrected chi connectivity index (χ2v) is 7.61. The molecule has 1 aromatic carbocycles. The Morgan fingerprint density at radius 3 is 2.77 bits per heavy atom. The number of amides is 1. The number of carbonyl (C=O) groups excluding carboxylic acids is 2. The highest BCUT2D eigenvalue weighted by Crippen LogP contribution is 2.33. The van der Waals surface area contributed by atoms with Crippen LogP contribution in [0.5, 0.6) is 5.75 Å². The van der Waals surface area contributed by atoms with E-state index in [9.17, 15) is 9.59 Å². The number of esters is 1. The van der Waals surface area contributed by atoms with Crippen molar-refractivity contribution in [2.75, 3.05) is 11.9 Å². The van der Waals surface area contributed by atoms with Crippen LogP contribution in [0.2, 0.25) is 0 Å². The number of hydrogen-bond acceptors (Lipinski definition) is 8. The van der Waals surface area contributed by atoms with Gasteiger partial charge >= 0.3 is 5.97 Å². The third-order valence-electron chi connectivity index (χ3n) is 4.46. The lowest BCUT2D eigenvalue weighted by Gasteiger charge is -2.09. The van der Waals surface area contributed by atoms with Crippen molar-refractivity contribution in [3.05, 3.63) is 51.7 Å². The van der Waals surface area contributed by atoms with Crippen LogP contribution in [-0.4, -0.2) is 38.7 Å². The van der Waals surface area contributed by atoms with Crippen molar-refractivity contribution in [1.82, 2.24) is 20.2 Å². The summed E-state index contributed by atoms with van der Waals surface area (Å²) in [4.78, 5) is 26.1. The number of aromatic nitrogens is 4. The zero-order valence-electron chi connectivity index (χ0n) is 17.3. The summed E-state index contributed by atoms with van der Waals surface area (Å²) < 4.78 is 12.5. The van der Waals surface area contributed by atoms with Crippen molar-refractivity contribution in [2.45, 2.75) is 40.8 Å². The third kappa shape index (κ3) is 4.65. The summed E-state index contributed by atoms with van der Waals surface area (Å²) in [7, 11) is 0. The number of carbonyl (C=O) groups is 2. The molecule has 3 rings (SSSR count). The highest BCUT2D eigenvalue weighted by molar-refractivity contribution is 7.16. The maximum atomic E-state index is 12.8. The van der Waals surface area contributed by atoms with Crippen molar-refractivity contribution in [3.8, 4) is 5.75 Å². The maximum absolute atomic E-state index is 12.8. The van der Waals surface area contributed by atoms with E-state index in [1.165, 1.54) is 11.3 Å². The highest BCUT2D eigenvalue weighted by Gasteiger charge is 2.22. The third-order valence-corrected chi connectivity index (χ3v) is 5.58. The predicted molar refractivity (Wildman–Crippen MR) is 112 cm³/mol. The van der Waals surface area contributed by atoms with E-state index in [1.807, 2.05) is 20.8 Å². The van der Waals surface area contributed by atoms with Crippen molar-refractivity contribution < 1.29 is 19.1 Å². The maximum Gasteiger partial charge on any atom is 0.341 e. The van der Waals surface area contributed by atoms with Gasteiger partial charge in [0.05, 0.1) is 12.2 Å². The average molecular weight is 430 g/mol. The molecule has 2 aromatic heterocycles. The molecule has 10 heteroatoms. The van der Waals surface area contributed by atoms with E-state index in [0.717, 1.165) is 10.4 Å². The Kier molecular flexibility index (Phi) is 6.78. The van der Waals surface area contributed by atoms with Gasteiger partial charge in [0.2, 0.25) is 0 Å². The molecule has 0 saturated carbocycles. The molecule has 0 atom stereocenters. The molecule has 3 aromatic rings. The van der Waals surface area contributed by atoms with E-state index in [4.69, 9.17) is 9.47 Å². The largest absolute Gasteiger partial charge is 0.486 e. The summed E-state index contributed by atoms with van der Waals surface area (Å²) >= 11 is 1.35. The fraction of sp³-hybridized carbons (Fsp3) is 0.350. The number of benzene rings is 1. The van der Waals surface area contributed by atoms with Gasteiger partial charge in [0.25, 0.3) is 5.91 Å². The van der Waals surface area contributed by atoms with Crippen LogP contribution in [-0.2, 0) is 17.9 Å². The first-order valence-electron chi connectivity index (χ1n) is 9.50. The molecule has 158 valence electrons. The molecule has 1 N–H and O–H groups in total. The number of ether oxygens (including phenoxy) is 2. The topological polar surface area (TPSA) is 108 Å². The summed E-state index contributed by atoms with van der Waals surface area (Å²) in [5.41, 5.74) is 1.60. The van der Waals surface area contributed by atoms with E-state index < -0.39 is 5.97 Å². The number of thiophene rings is 1. The molecular weight excluding hydrogens is 406 g/mol. The molecule has 30 heavy (non-hydrogen) atoms. The molecule has 0 unspecified atom stereocenters. The van der Waals surface area contributed by atoms with Crippen molar-refractivity contribution in [2.24, 2.45) is 0 Å². The Bertz CT molecular complexity index is 1060. The normalized spacial score (nSPS) is 10.7. The first-order valence-corrected chi connectivity index (χ1v) is 10.3. The lowest BCUT2D eigenvalue weighted by Crippen LogP contribution is -2.15. The van der Waals surface area contributed by atoms with Crippen molar-refractivity contribution in [1.29, 1.82) is 0 Å². The van der Waals surface area contributed by atoms with Crippen LogP contribution in [0.1, 0.15) is 50.8 Å². The van der Waals surface area contributed by atoms with E-state index in [-0.39, 0.29) is 19.1 Å². The molecule has 0 spiro atoms.